The third-order valence-corrected chi connectivity index (χ3v) is 11.8. The third kappa shape index (κ3) is 5.56. The van der Waals surface area contributed by atoms with E-state index in [1.165, 1.54) is 42.2 Å². The Balaban J connectivity index is 1.04. The molecule has 3 aromatic heterocycles. The molecule has 0 amide bonds. The molecule has 0 saturated carbocycles. The lowest BCUT2D eigenvalue weighted by molar-refractivity contribution is 1.07. The SMILES string of the molecule is c1ccc(-n2c3ccccc3c3cc(-c4nc(-c5ccc(-c6cc7ccccc7s6)cc5)nc(-c5ccc(-c6cccc7ccccc67)cc5)n4)ccc32)cc1. The summed E-state index contributed by atoms with van der Waals surface area (Å²) in [7, 11) is 0. The molecule has 4 nitrogen and oxygen atoms in total. The molecule has 262 valence electrons. The zero-order valence-electron chi connectivity index (χ0n) is 30.2. The van der Waals surface area contributed by atoms with E-state index in [1.54, 1.807) is 0 Å². The molecule has 0 fully saturated rings. The lowest BCUT2D eigenvalue weighted by Crippen LogP contribution is -2.00. The van der Waals surface area contributed by atoms with Crippen molar-refractivity contribution in [3.8, 4) is 61.4 Å². The largest absolute Gasteiger partial charge is 0.309 e. The fourth-order valence-corrected chi connectivity index (χ4v) is 8.98. The van der Waals surface area contributed by atoms with Crippen molar-refractivity contribution in [2.24, 2.45) is 0 Å². The summed E-state index contributed by atoms with van der Waals surface area (Å²) >= 11 is 1.81. The van der Waals surface area contributed by atoms with Crippen molar-refractivity contribution in [3.63, 3.8) is 0 Å². The summed E-state index contributed by atoms with van der Waals surface area (Å²) in [6.45, 7) is 0. The van der Waals surface area contributed by atoms with Gasteiger partial charge in [-0.15, -0.1) is 11.3 Å². The van der Waals surface area contributed by atoms with Crippen molar-refractivity contribution >= 4 is 54.0 Å². The van der Waals surface area contributed by atoms with Gasteiger partial charge in [-0.1, -0.05) is 146 Å². The molecule has 0 unspecified atom stereocenters. The van der Waals surface area contributed by atoms with Crippen molar-refractivity contribution in [2.75, 3.05) is 0 Å². The predicted molar refractivity (Wildman–Crippen MR) is 234 cm³/mol. The Bertz CT molecular complexity index is 3200. The van der Waals surface area contributed by atoms with E-state index in [0.29, 0.717) is 17.5 Å². The minimum atomic E-state index is 0.634. The van der Waals surface area contributed by atoms with Crippen LogP contribution in [0, 0.1) is 0 Å². The lowest BCUT2D eigenvalue weighted by Gasteiger charge is -2.11. The quantitative estimate of drug-likeness (QED) is 0.171. The number of hydrogen-bond acceptors (Lipinski definition) is 4. The van der Waals surface area contributed by atoms with Gasteiger partial charge in [-0.25, -0.2) is 15.0 Å². The summed E-state index contributed by atoms with van der Waals surface area (Å²) in [6.07, 6.45) is 0. The van der Waals surface area contributed by atoms with Crippen LogP contribution in [0.4, 0.5) is 0 Å². The van der Waals surface area contributed by atoms with Crippen LogP contribution in [0.2, 0.25) is 0 Å². The number of hydrogen-bond donors (Lipinski definition) is 0. The standard InChI is InChI=1S/C51H32N4S/c1-2-14-40(15-3-1)55-45-19-8-7-17-43(45)44-31-39(29-30-46(44)55)51-53-49(36-25-21-34(22-26-36)42-18-10-13-33-11-4-6-16-41(33)42)52-50(54-51)37-27-23-35(24-28-37)48-32-38-12-5-9-20-47(38)56-48/h1-32H. The summed E-state index contributed by atoms with van der Waals surface area (Å²) in [4.78, 5) is 16.7. The van der Waals surface area contributed by atoms with Gasteiger partial charge >= 0.3 is 0 Å². The Morgan fingerprint density at radius 3 is 1.66 bits per heavy atom. The second-order valence-electron chi connectivity index (χ2n) is 14.1. The summed E-state index contributed by atoms with van der Waals surface area (Å²) in [5, 5.41) is 6.05. The number of fused-ring (bicyclic) bond motifs is 5. The van der Waals surface area contributed by atoms with Gasteiger partial charge in [0.2, 0.25) is 0 Å². The summed E-state index contributed by atoms with van der Waals surface area (Å²) in [5.74, 6) is 1.91. The molecule has 8 aromatic carbocycles. The number of benzene rings is 8. The van der Waals surface area contributed by atoms with Gasteiger partial charge in [-0.05, 0) is 81.4 Å². The summed E-state index contributed by atoms with van der Waals surface area (Å²) < 4.78 is 3.61. The molecular formula is C51H32N4S. The second kappa shape index (κ2) is 13.3. The molecule has 0 N–H and O–H groups in total. The second-order valence-corrected chi connectivity index (χ2v) is 15.1. The smallest absolute Gasteiger partial charge is 0.164 e. The maximum atomic E-state index is 5.17. The molecule has 11 aromatic rings. The fourth-order valence-electron chi connectivity index (χ4n) is 7.91. The number of aromatic nitrogens is 4. The number of para-hydroxylation sites is 2. The minimum absolute atomic E-state index is 0.634. The van der Waals surface area contributed by atoms with Crippen LogP contribution in [0.15, 0.2) is 194 Å². The Kier molecular flexibility index (Phi) is 7.64. The molecule has 3 heterocycles. The highest BCUT2D eigenvalue weighted by Crippen LogP contribution is 2.37. The molecule has 11 rings (SSSR count). The molecule has 0 aliphatic heterocycles. The molecular weight excluding hydrogens is 701 g/mol. The van der Waals surface area contributed by atoms with Crippen LogP contribution in [0.25, 0.3) is 104 Å². The molecule has 0 saturated heterocycles. The van der Waals surface area contributed by atoms with Gasteiger partial charge in [-0.2, -0.15) is 0 Å². The average Bonchev–Trinajstić information content (AvgIpc) is 3.86. The monoisotopic (exact) mass is 732 g/mol. The molecule has 0 radical (unpaired) electrons. The first-order chi connectivity index (χ1) is 27.7. The highest BCUT2D eigenvalue weighted by molar-refractivity contribution is 7.22. The Morgan fingerprint density at radius 2 is 0.911 bits per heavy atom. The molecule has 0 aliphatic carbocycles. The Hall–Kier alpha value is -7.21. The van der Waals surface area contributed by atoms with Crippen molar-refractivity contribution < 1.29 is 0 Å². The van der Waals surface area contributed by atoms with Gasteiger partial charge in [0.05, 0.1) is 11.0 Å². The van der Waals surface area contributed by atoms with E-state index in [1.807, 2.05) is 11.3 Å². The molecule has 0 aliphatic rings. The van der Waals surface area contributed by atoms with Gasteiger partial charge in [-0.3, -0.25) is 0 Å². The number of rotatable bonds is 6. The first-order valence-corrected chi connectivity index (χ1v) is 19.6. The maximum Gasteiger partial charge on any atom is 0.164 e. The highest BCUT2D eigenvalue weighted by Gasteiger charge is 2.17. The molecule has 0 bridgehead atoms. The topological polar surface area (TPSA) is 43.6 Å². The van der Waals surface area contributed by atoms with Crippen molar-refractivity contribution in [2.45, 2.75) is 0 Å². The van der Waals surface area contributed by atoms with Crippen molar-refractivity contribution in [1.82, 2.24) is 19.5 Å². The van der Waals surface area contributed by atoms with E-state index in [0.717, 1.165) is 44.4 Å². The van der Waals surface area contributed by atoms with Gasteiger partial charge in [0.25, 0.3) is 0 Å². The zero-order valence-corrected chi connectivity index (χ0v) is 31.0. The predicted octanol–water partition coefficient (Wildman–Crippen LogP) is 13.7. The van der Waals surface area contributed by atoms with Crippen molar-refractivity contribution in [1.29, 1.82) is 0 Å². The van der Waals surface area contributed by atoms with Crippen LogP contribution in [0.3, 0.4) is 0 Å². The van der Waals surface area contributed by atoms with Crippen LogP contribution in [-0.4, -0.2) is 19.5 Å². The number of nitrogens with zero attached hydrogens (tertiary/aromatic N) is 4. The van der Waals surface area contributed by atoms with E-state index in [-0.39, 0.29) is 0 Å². The average molecular weight is 733 g/mol. The lowest BCUT2D eigenvalue weighted by atomic mass is 9.97. The van der Waals surface area contributed by atoms with E-state index >= 15 is 0 Å². The van der Waals surface area contributed by atoms with Gasteiger partial charge in [0.15, 0.2) is 17.5 Å². The van der Waals surface area contributed by atoms with Crippen LogP contribution < -0.4 is 0 Å². The van der Waals surface area contributed by atoms with Crippen molar-refractivity contribution in [3.05, 3.63) is 194 Å². The third-order valence-electron chi connectivity index (χ3n) is 10.7. The molecule has 0 spiro atoms. The van der Waals surface area contributed by atoms with Crippen LogP contribution in [0.1, 0.15) is 0 Å². The van der Waals surface area contributed by atoms with Gasteiger partial charge in [0, 0.05) is 42.7 Å². The van der Waals surface area contributed by atoms with E-state index in [9.17, 15) is 0 Å². The minimum Gasteiger partial charge on any atom is -0.309 e. The maximum absolute atomic E-state index is 5.17. The fraction of sp³-hybridized carbons (Fsp3) is 0. The molecule has 0 atom stereocenters. The first kappa shape index (κ1) is 32.2. The van der Waals surface area contributed by atoms with Crippen LogP contribution in [-0.2, 0) is 0 Å². The van der Waals surface area contributed by atoms with E-state index < -0.39 is 0 Å². The number of thiophene rings is 1. The first-order valence-electron chi connectivity index (χ1n) is 18.8. The Labute approximate surface area is 327 Å². The van der Waals surface area contributed by atoms with Crippen LogP contribution in [0.5, 0.6) is 0 Å². The normalized spacial score (nSPS) is 11.6. The summed E-state index contributed by atoms with van der Waals surface area (Å²) in [6, 6.07) is 68.7. The van der Waals surface area contributed by atoms with Gasteiger partial charge < -0.3 is 4.57 Å². The summed E-state index contributed by atoms with van der Waals surface area (Å²) in [5.41, 5.74) is 9.76. The Morgan fingerprint density at radius 1 is 0.357 bits per heavy atom. The van der Waals surface area contributed by atoms with Gasteiger partial charge in [0.1, 0.15) is 0 Å². The van der Waals surface area contributed by atoms with E-state index in [4.69, 9.17) is 15.0 Å². The molecule has 5 heteroatoms. The van der Waals surface area contributed by atoms with E-state index in [2.05, 4.69) is 199 Å². The van der Waals surface area contributed by atoms with Crippen LogP contribution >= 0.6 is 11.3 Å². The zero-order chi connectivity index (χ0) is 37.0. The highest BCUT2D eigenvalue weighted by atomic mass is 32.1. The molecule has 56 heavy (non-hydrogen) atoms.